The fraction of sp³-hybridized carbons (Fsp3) is 0.333. The first-order valence-corrected chi connectivity index (χ1v) is 10.3. The summed E-state index contributed by atoms with van der Waals surface area (Å²) in [7, 11) is -4.30. The van der Waals surface area contributed by atoms with Crippen molar-refractivity contribution in [1.82, 2.24) is 9.88 Å². The number of benzene rings is 1. The van der Waals surface area contributed by atoms with Crippen LogP contribution in [-0.2, 0) is 13.9 Å². The van der Waals surface area contributed by atoms with E-state index in [-0.39, 0.29) is 52.0 Å². The van der Waals surface area contributed by atoms with Gasteiger partial charge in [0.2, 0.25) is 5.91 Å². The number of piperazine rings is 1. The van der Waals surface area contributed by atoms with Gasteiger partial charge in [0.05, 0.1) is 11.3 Å². The Hall–Kier alpha value is -0.840. The summed E-state index contributed by atoms with van der Waals surface area (Å²) >= 11 is 0. The molecule has 25 heavy (non-hydrogen) atoms. The molecule has 1 saturated heterocycles. The molecule has 3 rings (SSSR count). The van der Waals surface area contributed by atoms with Gasteiger partial charge >= 0.3 is 29.6 Å². The number of aromatic nitrogens is 1. The number of carbonyl (C=O) groups is 1. The van der Waals surface area contributed by atoms with Crippen LogP contribution in [0, 0.1) is 0 Å². The molecule has 1 aliphatic heterocycles. The average Bonchev–Trinajstić information content (AvgIpc) is 2.59. The number of hydrogen-bond acceptors (Lipinski definition) is 7. The summed E-state index contributed by atoms with van der Waals surface area (Å²) in [6.45, 7) is 2.19. The van der Waals surface area contributed by atoms with E-state index in [0.717, 1.165) is 16.7 Å². The molecule has 1 fully saturated rings. The molecular weight excluding hydrogens is 373 g/mol. The molecular formula is C15H16N3NaO4S2. The Balaban J connectivity index is 0.00000225. The van der Waals surface area contributed by atoms with Crippen LogP contribution in [0.4, 0.5) is 5.82 Å². The molecule has 2 heterocycles. The Labute approximate surface area is 172 Å². The maximum Gasteiger partial charge on any atom is 1.00 e. The van der Waals surface area contributed by atoms with E-state index < -0.39 is 9.15 Å². The number of nitrogens with zero attached hydrogens (tertiary/aromatic N) is 3. The Morgan fingerprint density at radius 2 is 1.80 bits per heavy atom. The van der Waals surface area contributed by atoms with Crippen LogP contribution in [0.15, 0.2) is 36.4 Å². The van der Waals surface area contributed by atoms with Crippen LogP contribution in [0.2, 0.25) is 0 Å². The summed E-state index contributed by atoms with van der Waals surface area (Å²) in [6.07, 6.45) is 0. The van der Waals surface area contributed by atoms with Gasteiger partial charge < -0.3 is 14.4 Å². The minimum atomic E-state index is -4.43. The van der Waals surface area contributed by atoms with E-state index in [1.54, 1.807) is 4.90 Å². The molecule has 128 valence electrons. The second-order valence-electron chi connectivity index (χ2n) is 5.40. The molecule has 0 aliphatic carbocycles. The van der Waals surface area contributed by atoms with Crippen LogP contribution < -0.4 is 34.5 Å². The molecule has 1 aromatic carbocycles. The van der Waals surface area contributed by atoms with Gasteiger partial charge in [0.25, 0.3) is 0 Å². The van der Waals surface area contributed by atoms with E-state index in [9.17, 15) is 17.8 Å². The van der Waals surface area contributed by atoms with Crippen molar-refractivity contribution in [2.45, 2.75) is 0 Å². The van der Waals surface area contributed by atoms with Gasteiger partial charge in [-0.05, 0) is 29.0 Å². The molecule has 1 amide bonds. The third-order valence-corrected chi connectivity index (χ3v) is 5.74. The van der Waals surface area contributed by atoms with Gasteiger partial charge in [0.15, 0.2) is 0 Å². The predicted molar refractivity (Wildman–Crippen MR) is 92.7 cm³/mol. The quantitative estimate of drug-likeness (QED) is 0.342. The Bertz CT molecular complexity index is 855. The van der Waals surface area contributed by atoms with Gasteiger partial charge in [-0.25, -0.2) is 13.4 Å². The number of para-hydroxylation sites is 1. The average molecular weight is 389 g/mol. The van der Waals surface area contributed by atoms with Crippen molar-refractivity contribution in [3.63, 3.8) is 0 Å². The molecule has 0 atom stereocenters. The van der Waals surface area contributed by atoms with Crippen LogP contribution in [0.25, 0.3) is 10.9 Å². The molecule has 0 unspecified atom stereocenters. The SMILES string of the molecule is O=C(CSS(=O)(=O)[O-])N1CCN(c2ccc3ccccc3n2)CC1.[Na+]. The van der Waals surface area contributed by atoms with Gasteiger partial charge in [-0.2, -0.15) is 0 Å². The Morgan fingerprint density at radius 3 is 2.48 bits per heavy atom. The van der Waals surface area contributed by atoms with Crippen LogP contribution in [0.1, 0.15) is 0 Å². The summed E-state index contributed by atoms with van der Waals surface area (Å²) < 4.78 is 31.7. The van der Waals surface area contributed by atoms with Gasteiger partial charge in [-0.1, -0.05) is 18.2 Å². The zero-order valence-electron chi connectivity index (χ0n) is 13.8. The molecule has 0 bridgehead atoms. The molecule has 7 nitrogen and oxygen atoms in total. The second kappa shape index (κ2) is 8.70. The zero-order chi connectivity index (χ0) is 17.2. The fourth-order valence-electron chi connectivity index (χ4n) is 2.63. The summed E-state index contributed by atoms with van der Waals surface area (Å²) in [5.41, 5.74) is 0.922. The van der Waals surface area contributed by atoms with Crippen molar-refractivity contribution in [1.29, 1.82) is 0 Å². The third-order valence-electron chi connectivity index (χ3n) is 3.87. The van der Waals surface area contributed by atoms with E-state index in [2.05, 4.69) is 9.88 Å². The number of rotatable bonds is 4. The molecule has 0 saturated carbocycles. The van der Waals surface area contributed by atoms with Crippen LogP contribution in [-0.4, -0.2) is 60.7 Å². The fourth-order valence-corrected chi connectivity index (χ4v) is 3.79. The first kappa shape index (κ1) is 20.5. The molecule has 10 heteroatoms. The standard InChI is InChI=1S/C15H17N3O4S2.Na/c19-15(11-23-24(20,21)22)18-9-7-17(8-10-18)14-6-5-12-3-1-2-4-13(12)16-14;/h1-6H,7-11H2,(H,20,21,22);/q;+1/p-1. The number of hydrogen-bond donors (Lipinski definition) is 0. The largest absolute Gasteiger partial charge is 1.00 e. The summed E-state index contributed by atoms with van der Waals surface area (Å²) in [5.74, 6) is 0.197. The number of anilines is 1. The number of amides is 1. The number of carbonyl (C=O) groups excluding carboxylic acids is 1. The predicted octanol–water partition coefficient (Wildman–Crippen LogP) is -1.92. The van der Waals surface area contributed by atoms with Crippen molar-refractivity contribution in [3.8, 4) is 0 Å². The first-order valence-electron chi connectivity index (χ1n) is 7.41. The first-order chi connectivity index (χ1) is 11.4. The summed E-state index contributed by atoms with van der Waals surface area (Å²) in [5, 5.41) is 1.07. The molecule has 0 spiro atoms. The van der Waals surface area contributed by atoms with Gasteiger partial charge in [-0.15, -0.1) is 0 Å². The minimum absolute atomic E-state index is 0. The van der Waals surface area contributed by atoms with Gasteiger partial charge in [0.1, 0.15) is 15.0 Å². The number of fused-ring (bicyclic) bond motifs is 1. The van der Waals surface area contributed by atoms with Crippen molar-refractivity contribution >= 4 is 42.6 Å². The van der Waals surface area contributed by atoms with Crippen LogP contribution >= 0.6 is 10.8 Å². The van der Waals surface area contributed by atoms with E-state index in [1.165, 1.54) is 0 Å². The smallest absolute Gasteiger partial charge is 0.739 e. The summed E-state index contributed by atoms with van der Waals surface area (Å²) in [4.78, 5) is 20.2. The minimum Gasteiger partial charge on any atom is -0.739 e. The second-order valence-corrected chi connectivity index (χ2v) is 8.67. The Kier molecular flexibility index (Phi) is 7.12. The van der Waals surface area contributed by atoms with Crippen LogP contribution in [0.5, 0.6) is 0 Å². The van der Waals surface area contributed by atoms with Crippen molar-refractivity contribution in [3.05, 3.63) is 36.4 Å². The van der Waals surface area contributed by atoms with E-state index >= 15 is 0 Å². The zero-order valence-corrected chi connectivity index (χ0v) is 17.4. The maximum absolute atomic E-state index is 11.9. The van der Waals surface area contributed by atoms with Crippen molar-refractivity contribution in [2.75, 3.05) is 36.8 Å². The molecule has 1 aliphatic rings. The van der Waals surface area contributed by atoms with E-state index in [0.29, 0.717) is 26.2 Å². The normalized spacial score (nSPS) is 15.1. The molecule has 0 radical (unpaired) electrons. The number of pyridine rings is 1. The molecule has 1 aromatic heterocycles. The van der Waals surface area contributed by atoms with E-state index in [1.807, 2.05) is 36.4 Å². The van der Waals surface area contributed by atoms with Gasteiger partial charge in [0, 0.05) is 31.6 Å². The summed E-state index contributed by atoms with van der Waals surface area (Å²) in [6, 6.07) is 11.8. The maximum atomic E-state index is 11.9. The van der Waals surface area contributed by atoms with Crippen molar-refractivity contribution in [2.24, 2.45) is 0 Å². The van der Waals surface area contributed by atoms with E-state index in [4.69, 9.17) is 0 Å². The Morgan fingerprint density at radius 1 is 1.12 bits per heavy atom. The molecule has 0 N–H and O–H groups in total. The topological polar surface area (TPSA) is 93.6 Å². The monoisotopic (exact) mass is 389 g/mol. The van der Waals surface area contributed by atoms with Crippen LogP contribution in [0.3, 0.4) is 0 Å². The third kappa shape index (κ3) is 5.57. The van der Waals surface area contributed by atoms with Gasteiger partial charge in [-0.3, -0.25) is 4.79 Å². The van der Waals surface area contributed by atoms with Crippen molar-refractivity contribution < 1.29 is 47.3 Å². The molecule has 2 aromatic rings.